The van der Waals surface area contributed by atoms with Gasteiger partial charge in [0.05, 0.1) is 36.0 Å². The molecular weight excluding hydrogens is 557 g/mol. The fourth-order valence-electron chi connectivity index (χ4n) is 4.56. The number of imidazole rings is 1. The van der Waals surface area contributed by atoms with E-state index in [2.05, 4.69) is 4.98 Å². The summed E-state index contributed by atoms with van der Waals surface area (Å²) in [6, 6.07) is 17.5. The Hall–Kier alpha value is -5.36. The molecule has 220 valence electrons. The molecule has 11 nitrogen and oxygen atoms in total. The van der Waals surface area contributed by atoms with Crippen molar-refractivity contribution in [3.05, 3.63) is 112 Å². The Bertz CT molecular complexity index is 1880. The molecule has 0 aliphatic carbocycles. The van der Waals surface area contributed by atoms with Crippen molar-refractivity contribution in [2.45, 2.75) is 19.7 Å². The molecule has 0 bridgehead atoms. The van der Waals surface area contributed by atoms with Gasteiger partial charge in [0.15, 0.2) is 6.73 Å². The predicted molar refractivity (Wildman–Crippen MR) is 155 cm³/mol. The maximum absolute atomic E-state index is 15.4. The van der Waals surface area contributed by atoms with E-state index in [9.17, 15) is 14.4 Å². The Morgan fingerprint density at radius 2 is 1.81 bits per heavy atom. The van der Waals surface area contributed by atoms with Crippen LogP contribution in [0.2, 0.25) is 0 Å². The molecule has 0 spiro atoms. The van der Waals surface area contributed by atoms with Crippen LogP contribution in [0.5, 0.6) is 5.88 Å². The summed E-state index contributed by atoms with van der Waals surface area (Å²) in [7, 11) is 2.91. The van der Waals surface area contributed by atoms with E-state index in [0.717, 1.165) is 11.6 Å². The van der Waals surface area contributed by atoms with Gasteiger partial charge in [-0.05, 0) is 42.0 Å². The highest BCUT2D eigenvalue weighted by atomic mass is 19.1. The molecule has 0 saturated heterocycles. The molecule has 3 heterocycles. The summed E-state index contributed by atoms with van der Waals surface area (Å²) in [6.07, 6.45) is 1.61. The van der Waals surface area contributed by atoms with Crippen molar-refractivity contribution in [2.24, 2.45) is 5.73 Å². The van der Waals surface area contributed by atoms with E-state index in [1.807, 2.05) is 4.57 Å². The lowest BCUT2D eigenvalue weighted by Crippen LogP contribution is -2.24. The lowest BCUT2D eigenvalue weighted by molar-refractivity contribution is 0.0600. The van der Waals surface area contributed by atoms with Gasteiger partial charge in [-0.2, -0.15) is 0 Å². The summed E-state index contributed by atoms with van der Waals surface area (Å²) in [5, 5.41) is 0. The minimum Gasteiger partial charge on any atom is -0.465 e. The predicted octanol–water partition coefficient (Wildman–Crippen LogP) is 3.56. The quantitative estimate of drug-likeness (QED) is 0.232. The Morgan fingerprint density at radius 3 is 2.53 bits per heavy atom. The van der Waals surface area contributed by atoms with Crippen LogP contribution in [0, 0.1) is 5.82 Å². The number of carbonyl (C=O) groups excluding carboxylic acids is 2. The topological polar surface area (TPSA) is 141 Å². The number of amides is 1. The molecular formula is C31H28FN5O6. The van der Waals surface area contributed by atoms with Gasteiger partial charge in [0.1, 0.15) is 11.6 Å². The van der Waals surface area contributed by atoms with E-state index < -0.39 is 23.3 Å². The largest absolute Gasteiger partial charge is 0.465 e. The fraction of sp³-hybridized carbons (Fsp3) is 0.194. The summed E-state index contributed by atoms with van der Waals surface area (Å²) in [6.45, 7) is 0.720. The lowest BCUT2D eigenvalue weighted by atomic mass is 10.1. The first-order valence-electron chi connectivity index (χ1n) is 13.2. The van der Waals surface area contributed by atoms with E-state index in [-0.39, 0.29) is 24.6 Å². The van der Waals surface area contributed by atoms with Crippen molar-refractivity contribution in [1.29, 1.82) is 0 Å². The number of hydrogen-bond acceptors (Lipinski definition) is 8. The number of carbonyl (C=O) groups is 2. The minimum absolute atomic E-state index is 0.103. The van der Waals surface area contributed by atoms with Crippen LogP contribution >= 0.6 is 0 Å². The van der Waals surface area contributed by atoms with E-state index in [1.165, 1.54) is 30.0 Å². The number of primary amides is 1. The van der Waals surface area contributed by atoms with Crippen molar-refractivity contribution in [3.63, 3.8) is 0 Å². The molecule has 3 aromatic heterocycles. The zero-order chi connectivity index (χ0) is 30.5. The Morgan fingerprint density at radius 1 is 0.977 bits per heavy atom. The first-order chi connectivity index (χ1) is 20.8. The minimum atomic E-state index is -0.697. The smallest absolute Gasteiger partial charge is 0.337 e. The highest BCUT2D eigenvalue weighted by Crippen LogP contribution is 2.26. The molecule has 5 aromatic rings. The third-order valence-electron chi connectivity index (χ3n) is 6.82. The van der Waals surface area contributed by atoms with Crippen LogP contribution in [0.15, 0.2) is 77.7 Å². The van der Waals surface area contributed by atoms with Gasteiger partial charge in [-0.25, -0.2) is 19.2 Å². The molecule has 2 N–H and O–H groups in total. The average molecular weight is 586 g/mol. The van der Waals surface area contributed by atoms with Crippen molar-refractivity contribution in [3.8, 4) is 17.1 Å². The van der Waals surface area contributed by atoms with Crippen molar-refractivity contribution in [2.75, 3.05) is 20.8 Å². The summed E-state index contributed by atoms with van der Waals surface area (Å²) >= 11 is 0. The first kappa shape index (κ1) is 29.1. The molecule has 12 heteroatoms. The summed E-state index contributed by atoms with van der Waals surface area (Å²) < 4.78 is 34.4. The number of ether oxygens (including phenoxy) is 3. The van der Waals surface area contributed by atoms with E-state index in [0.29, 0.717) is 46.9 Å². The molecule has 0 aliphatic heterocycles. The van der Waals surface area contributed by atoms with Crippen molar-refractivity contribution in [1.82, 2.24) is 19.1 Å². The number of hydrogen-bond donors (Lipinski definition) is 1. The normalized spacial score (nSPS) is 11.0. The van der Waals surface area contributed by atoms with Crippen LogP contribution in [0.1, 0.15) is 32.1 Å². The second kappa shape index (κ2) is 12.7. The maximum atomic E-state index is 15.4. The Labute approximate surface area is 245 Å². The molecule has 0 saturated carbocycles. The van der Waals surface area contributed by atoms with Gasteiger partial charge in [-0.15, -0.1) is 0 Å². The van der Waals surface area contributed by atoms with E-state index in [1.54, 1.807) is 55.6 Å². The first-order valence-corrected chi connectivity index (χ1v) is 13.2. The number of benzene rings is 2. The van der Waals surface area contributed by atoms with Crippen LogP contribution in [0.4, 0.5) is 4.39 Å². The second-order valence-corrected chi connectivity index (χ2v) is 9.57. The standard InChI is InChI=1S/C31H28FN5O6/c1-41-13-12-37-26-15-22(31(40)42-2)8-9-25(26)34-27(37)16-19-6-7-20(14-23(19)32)24-4-3-5-28(35-24)43-18-36-11-10-21(30(33)39)17-29(36)38/h3-11,14-15,17H,12-13,16,18H2,1-2H3,(H2,33,39). The van der Waals surface area contributed by atoms with Crippen molar-refractivity contribution >= 4 is 22.9 Å². The molecule has 0 atom stereocenters. The van der Waals surface area contributed by atoms with Crippen LogP contribution in [0.3, 0.4) is 0 Å². The number of esters is 1. The number of methoxy groups -OCH3 is 2. The number of halogens is 1. The van der Waals surface area contributed by atoms with Crippen LogP contribution in [-0.4, -0.2) is 51.8 Å². The third-order valence-corrected chi connectivity index (χ3v) is 6.82. The molecule has 2 aromatic carbocycles. The van der Waals surface area contributed by atoms with Gasteiger partial charge in [0.2, 0.25) is 11.8 Å². The summed E-state index contributed by atoms with van der Waals surface area (Å²) in [5.41, 5.74) is 8.07. The number of nitrogens with two attached hydrogens (primary N) is 1. The highest BCUT2D eigenvalue weighted by Gasteiger charge is 2.17. The second-order valence-electron chi connectivity index (χ2n) is 9.57. The zero-order valence-corrected chi connectivity index (χ0v) is 23.5. The molecule has 1 amide bonds. The molecule has 5 rings (SSSR count). The average Bonchev–Trinajstić information content (AvgIpc) is 3.35. The van der Waals surface area contributed by atoms with Gasteiger partial charge in [-0.3, -0.25) is 14.2 Å². The highest BCUT2D eigenvalue weighted by molar-refractivity contribution is 5.94. The number of pyridine rings is 2. The number of rotatable bonds is 11. The summed E-state index contributed by atoms with van der Waals surface area (Å²) in [4.78, 5) is 44.7. The van der Waals surface area contributed by atoms with Gasteiger partial charge in [0.25, 0.3) is 5.56 Å². The van der Waals surface area contributed by atoms with Crippen LogP contribution in [0.25, 0.3) is 22.3 Å². The van der Waals surface area contributed by atoms with Gasteiger partial charge in [-0.1, -0.05) is 18.2 Å². The summed E-state index contributed by atoms with van der Waals surface area (Å²) in [5.74, 6) is -0.746. The zero-order valence-electron chi connectivity index (χ0n) is 23.5. The van der Waals surface area contributed by atoms with Gasteiger partial charge < -0.3 is 24.5 Å². The van der Waals surface area contributed by atoms with Gasteiger partial charge >= 0.3 is 5.97 Å². The monoisotopic (exact) mass is 585 g/mol. The molecule has 43 heavy (non-hydrogen) atoms. The lowest BCUT2D eigenvalue weighted by Gasteiger charge is -2.11. The Kier molecular flexibility index (Phi) is 8.58. The SMILES string of the molecule is COCCn1c(Cc2ccc(-c3cccc(OCn4ccc(C(N)=O)cc4=O)n3)cc2F)nc2ccc(C(=O)OC)cc21. The van der Waals surface area contributed by atoms with Gasteiger partial charge in [0, 0.05) is 49.5 Å². The van der Waals surface area contributed by atoms with Crippen LogP contribution in [-0.2, 0) is 29.2 Å². The fourth-order valence-corrected chi connectivity index (χ4v) is 4.56. The maximum Gasteiger partial charge on any atom is 0.337 e. The third kappa shape index (κ3) is 6.44. The molecule has 0 fully saturated rings. The number of nitrogens with zero attached hydrogens (tertiary/aromatic N) is 4. The Balaban J connectivity index is 1.36. The van der Waals surface area contributed by atoms with E-state index >= 15 is 4.39 Å². The van der Waals surface area contributed by atoms with Crippen molar-refractivity contribution < 1.29 is 28.2 Å². The molecule has 0 aliphatic rings. The van der Waals surface area contributed by atoms with Crippen LogP contribution < -0.4 is 16.0 Å². The molecule has 0 radical (unpaired) electrons. The molecule has 0 unspecified atom stereocenters. The number of aromatic nitrogens is 4. The number of fused-ring (bicyclic) bond motifs is 1. The van der Waals surface area contributed by atoms with E-state index in [4.69, 9.17) is 24.9 Å².